The van der Waals surface area contributed by atoms with Gasteiger partial charge in [0.2, 0.25) is 0 Å². The summed E-state index contributed by atoms with van der Waals surface area (Å²) in [6, 6.07) is 0. The Morgan fingerprint density at radius 3 is 2.19 bits per heavy atom. The number of hydrogen-bond donors (Lipinski definition) is 0. The number of ether oxygens (including phenoxy) is 1. The molecule has 0 spiro atoms. The Morgan fingerprint density at radius 2 is 1.67 bits per heavy atom. The first kappa shape index (κ1) is 16.7. The lowest BCUT2D eigenvalue weighted by Crippen LogP contribution is -2.55. The van der Waals surface area contributed by atoms with Crippen LogP contribution in [0.2, 0.25) is 0 Å². The van der Waals surface area contributed by atoms with Crippen molar-refractivity contribution < 1.29 is 17.9 Å². The van der Waals surface area contributed by atoms with Gasteiger partial charge >= 0.3 is 5.97 Å². The maximum Gasteiger partial charge on any atom is 0.307 e. The van der Waals surface area contributed by atoms with E-state index >= 15 is 0 Å². The first-order valence-electron chi connectivity index (χ1n) is 8.08. The summed E-state index contributed by atoms with van der Waals surface area (Å²) in [5.74, 6) is 0.201. The Bertz CT molecular complexity index is 438. The van der Waals surface area contributed by atoms with E-state index in [0.29, 0.717) is 25.9 Å². The Morgan fingerprint density at radius 1 is 1.10 bits per heavy atom. The lowest BCUT2D eigenvalue weighted by Gasteiger charge is -2.45. The maximum atomic E-state index is 12.0. The summed E-state index contributed by atoms with van der Waals surface area (Å²) < 4.78 is 28.7. The highest BCUT2D eigenvalue weighted by Gasteiger charge is 2.43. The lowest BCUT2D eigenvalue weighted by atomic mass is 9.86. The van der Waals surface area contributed by atoms with Crippen molar-refractivity contribution >= 4 is 15.8 Å². The van der Waals surface area contributed by atoms with Crippen molar-refractivity contribution in [3.63, 3.8) is 0 Å². The first-order valence-corrected chi connectivity index (χ1v) is 9.91. The summed E-state index contributed by atoms with van der Waals surface area (Å²) in [5, 5.41) is 0. The van der Waals surface area contributed by atoms with Crippen LogP contribution in [0.4, 0.5) is 0 Å². The lowest BCUT2D eigenvalue weighted by molar-refractivity contribution is -0.147. The van der Waals surface area contributed by atoms with Crippen LogP contribution in [0.15, 0.2) is 0 Å². The molecule has 2 aliphatic rings. The van der Waals surface area contributed by atoms with Crippen molar-refractivity contribution in [2.45, 2.75) is 57.4 Å². The minimum absolute atomic E-state index is 0.193. The number of likely N-dealkylation sites (tertiary alicyclic amines) is 1. The van der Waals surface area contributed by atoms with Crippen LogP contribution in [0, 0.1) is 0 Å². The van der Waals surface area contributed by atoms with Gasteiger partial charge in [0.05, 0.1) is 24.5 Å². The van der Waals surface area contributed by atoms with Gasteiger partial charge in [0.15, 0.2) is 0 Å². The standard InChI is InChI=1S/C15H27NO4S/c1-2-20-14(17)13-15(7-11-21(18,19)12-8-15)16-9-5-3-4-6-10-16/h2-13H2,1H3. The molecule has 2 heterocycles. The molecule has 2 rings (SSSR count). The van der Waals surface area contributed by atoms with Crippen molar-refractivity contribution in [1.29, 1.82) is 0 Å². The smallest absolute Gasteiger partial charge is 0.307 e. The average molecular weight is 317 g/mol. The third-order valence-corrected chi connectivity index (χ3v) is 6.46. The van der Waals surface area contributed by atoms with Gasteiger partial charge in [-0.2, -0.15) is 0 Å². The highest BCUT2D eigenvalue weighted by molar-refractivity contribution is 7.91. The monoisotopic (exact) mass is 317 g/mol. The summed E-state index contributed by atoms with van der Waals surface area (Å²) in [6.07, 6.45) is 6.18. The topological polar surface area (TPSA) is 63.7 Å². The highest BCUT2D eigenvalue weighted by atomic mass is 32.2. The summed E-state index contributed by atoms with van der Waals surface area (Å²) in [5.41, 5.74) is -0.304. The van der Waals surface area contributed by atoms with E-state index in [0.717, 1.165) is 25.9 Å². The molecule has 6 heteroatoms. The van der Waals surface area contributed by atoms with Gasteiger partial charge in [0.25, 0.3) is 0 Å². The molecule has 5 nitrogen and oxygen atoms in total. The highest BCUT2D eigenvalue weighted by Crippen LogP contribution is 2.35. The van der Waals surface area contributed by atoms with Crippen LogP contribution in [-0.4, -0.2) is 56.0 Å². The fourth-order valence-electron chi connectivity index (χ4n) is 3.55. The quantitative estimate of drug-likeness (QED) is 0.739. The molecule has 2 saturated heterocycles. The second kappa shape index (κ2) is 7.09. The van der Waals surface area contributed by atoms with Crippen LogP contribution in [-0.2, 0) is 19.4 Å². The molecule has 122 valence electrons. The van der Waals surface area contributed by atoms with Crippen molar-refractivity contribution in [3.05, 3.63) is 0 Å². The molecule has 0 aromatic heterocycles. The molecule has 2 aliphatic heterocycles. The SMILES string of the molecule is CCOC(=O)CC1(N2CCCCCC2)CCS(=O)(=O)CC1. The Balaban J connectivity index is 2.14. The molecule has 0 saturated carbocycles. The van der Waals surface area contributed by atoms with Gasteiger partial charge in [-0.1, -0.05) is 12.8 Å². The molecule has 0 bridgehead atoms. The number of nitrogens with zero attached hydrogens (tertiary/aromatic N) is 1. The Labute approximate surface area is 127 Å². The largest absolute Gasteiger partial charge is 0.466 e. The molecule has 0 radical (unpaired) electrons. The van der Waals surface area contributed by atoms with Gasteiger partial charge in [-0.05, 0) is 45.7 Å². The summed E-state index contributed by atoms with van der Waals surface area (Å²) in [7, 11) is -2.93. The van der Waals surface area contributed by atoms with Gasteiger partial charge in [-0.15, -0.1) is 0 Å². The predicted octanol–water partition coefficient (Wildman–Crippen LogP) is 1.76. The number of sulfone groups is 1. The summed E-state index contributed by atoms with van der Waals surface area (Å²) in [6.45, 7) is 4.13. The molecular formula is C15H27NO4S. The van der Waals surface area contributed by atoms with E-state index in [-0.39, 0.29) is 23.0 Å². The number of carbonyl (C=O) groups is 1. The number of hydrogen-bond acceptors (Lipinski definition) is 5. The van der Waals surface area contributed by atoms with E-state index in [1.165, 1.54) is 12.8 Å². The number of carbonyl (C=O) groups excluding carboxylic acids is 1. The Hall–Kier alpha value is -0.620. The van der Waals surface area contributed by atoms with E-state index in [1.54, 1.807) is 0 Å². The normalized spacial score (nSPS) is 26.0. The van der Waals surface area contributed by atoms with Crippen LogP contribution >= 0.6 is 0 Å². The van der Waals surface area contributed by atoms with E-state index in [2.05, 4.69) is 4.90 Å². The average Bonchev–Trinajstić information content (AvgIpc) is 2.71. The van der Waals surface area contributed by atoms with Crippen LogP contribution in [0.5, 0.6) is 0 Å². The second-order valence-corrected chi connectivity index (χ2v) is 8.56. The van der Waals surface area contributed by atoms with Gasteiger partial charge in [-0.3, -0.25) is 9.69 Å². The van der Waals surface area contributed by atoms with Crippen LogP contribution in [0.1, 0.15) is 51.9 Å². The third-order valence-electron chi connectivity index (χ3n) is 4.81. The van der Waals surface area contributed by atoms with E-state index < -0.39 is 9.84 Å². The van der Waals surface area contributed by atoms with Crippen LogP contribution < -0.4 is 0 Å². The van der Waals surface area contributed by atoms with Gasteiger partial charge < -0.3 is 4.74 Å². The fourth-order valence-corrected chi connectivity index (χ4v) is 5.13. The van der Waals surface area contributed by atoms with E-state index in [1.807, 2.05) is 6.92 Å². The van der Waals surface area contributed by atoms with Crippen molar-refractivity contribution in [3.8, 4) is 0 Å². The van der Waals surface area contributed by atoms with E-state index in [9.17, 15) is 13.2 Å². The molecule has 0 aliphatic carbocycles. The zero-order valence-electron chi connectivity index (χ0n) is 13.0. The molecule has 0 amide bonds. The molecule has 2 fully saturated rings. The first-order chi connectivity index (χ1) is 9.97. The van der Waals surface area contributed by atoms with Crippen molar-refractivity contribution in [1.82, 2.24) is 4.90 Å². The second-order valence-electron chi connectivity index (χ2n) is 6.26. The predicted molar refractivity (Wildman–Crippen MR) is 81.9 cm³/mol. The molecular weight excluding hydrogens is 290 g/mol. The van der Waals surface area contributed by atoms with Gasteiger partial charge in [0.1, 0.15) is 9.84 Å². The minimum Gasteiger partial charge on any atom is -0.466 e. The molecule has 0 atom stereocenters. The maximum absolute atomic E-state index is 12.0. The Kier molecular flexibility index (Phi) is 5.66. The summed E-state index contributed by atoms with van der Waals surface area (Å²) in [4.78, 5) is 14.4. The van der Waals surface area contributed by atoms with Crippen molar-refractivity contribution in [2.75, 3.05) is 31.2 Å². The van der Waals surface area contributed by atoms with Gasteiger partial charge in [-0.25, -0.2) is 8.42 Å². The number of esters is 1. The molecule has 21 heavy (non-hydrogen) atoms. The molecule has 0 N–H and O–H groups in total. The van der Waals surface area contributed by atoms with Crippen LogP contribution in [0.3, 0.4) is 0 Å². The van der Waals surface area contributed by atoms with E-state index in [4.69, 9.17) is 4.74 Å². The third kappa shape index (κ3) is 4.42. The zero-order valence-corrected chi connectivity index (χ0v) is 13.8. The number of rotatable bonds is 4. The zero-order chi connectivity index (χ0) is 15.3. The fraction of sp³-hybridized carbons (Fsp3) is 0.933. The molecule has 0 unspecified atom stereocenters. The van der Waals surface area contributed by atoms with Crippen molar-refractivity contribution in [2.24, 2.45) is 0 Å². The van der Waals surface area contributed by atoms with Crippen LogP contribution in [0.25, 0.3) is 0 Å². The van der Waals surface area contributed by atoms with Gasteiger partial charge in [0, 0.05) is 5.54 Å². The molecule has 0 aromatic carbocycles. The summed E-state index contributed by atoms with van der Waals surface area (Å²) >= 11 is 0. The molecule has 0 aromatic rings. The minimum atomic E-state index is -2.93.